The molecule has 2 saturated heterocycles. The molecule has 0 bridgehead atoms. The van der Waals surface area contributed by atoms with E-state index in [0.717, 1.165) is 52.2 Å². The first-order valence-corrected chi connectivity index (χ1v) is 7.41. The summed E-state index contributed by atoms with van der Waals surface area (Å²) >= 11 is 0. The highest BCUT2D eigenvalue weighted by Gasteiger charge is 2.29. The van der Waals surface area contributed by atoms with Gasteiger partial charge in [-0.2, -0.15) is 0 Å². The van der Waals surface area contributed by atoms with Crippen LogP contribution >= 0.6 is 24.8 Å². The number of hydrogen-bond acceptors (Lipinski definition) is 4. The number of carbonyl (C=O) groups is 1. The summed E-state index contributed by atoms with van der Waals surface area (Å²) in [5.41, 5.74) is 0.00152. The molecule has 2 fully saturated rings. The summed E-state index contributed by atoms with van der Waals surface area (Å²) in [6.45, 7) is 10.5. The van der Waals surface area contributed by atoms with Crippen molar-refractivity contribution in [2.45, 2.75) is 32.2 Å². The Hall–Kier alpha value is -0.0700. The maximum atomic E-state index is 12.1. The van der Waals surface area contributed by atoms with Gasteiger partial charge in [-0.3, -0.25) is 9.69 Å². The van der Waals surface area contributed by atoms with Crippen molar-refractivity contribution in [2.24, 2.45) is 5.92 Å². The van der Waals surface area contributed by atoms with Crippen LogP contribution in [0, 0.1) is 5.92 Å². The molecule has 0 aromatic rings. The normalized spacial score (nSPS) is 23.6. The second kappa shape index (κ2) is 9.85. The van der Waals surface area contributed by atoms with Gasteiger partial charge < -0.3 is 15.4 Å². The van der Waals surface area contributed by atoms with Crippen molar-refractivity contribution >= 4 is 30.7 Å². The molecule has 2 N–H and O–H groups in total. The molecule has 0 saturated carbocycles. The van der Waals surface area contributed by atoms with E-state index in [1.54, 1.807) is 0 Å². The minimum atomic E-state index is 0. The zero-order valence-corrected chi connectivity index (χ0v) is 14.7. The van der Waals surface area contributed by atoms with Crippen molar-refractivity contribution in [3.63, 3.8) is 0 Å². The van der Waals surface area contributed by atoms with Gasteiger partial charge in [-0.25, -0.2) is 0 Å². The zero-order valence-electron chi connectivity index (χ0n) is 13.0. The Bertz CT molecular complexity index is 305. The molecule has 5 nitrogen and oxygen atoms in total. The van der Waals surface area contributed by atoms with Gasteiger partial charge in [0.05, 0.1) is 19.1 Å². The third-order valence-electron chi connectivity index (χ3n) is 4.23. The van der Waals surface area contributed by atoms with E-state index in [1.165, 1.54) is 0 Å². The zero-order chi connectivity index (χ0) is 13.7. The molecule has 0 aliphatic carbocycles. The number of rotatable bonds is 4. The smallest absolute Gasteiger partial charge is 0.224 e. The molecule has 7 heteroatoms. The van der Waals surface area contributed by atoms with Crippen LogP contribution < -0.4 is 10.6 Å². The minimum absolute atomic E-state index is 0. The van der Waals surface area contributed by atoms with Crippen molar-refractivity contribution in [3.05, 3.63) is 0 Å². The average Bonchev–Trinajstić information content (AvgIpc) is 2.47. The van der Waals surface area contributed by atoms with Gasteiger partial charge in [-0.1, -0.05) is 0 Å². The number of hydrogen-bond donors (Lipinski definition) is 2. The summed E-state index contributed by atoms with van der Waals surface area (Å²) in [6.07, 6.45) is 2.11. The molecule has 2 aliphatic heterocycles. The summed E-state index contributed by atoms with van der Waals surface area (Å²) in [4.78, 5) is 14.5. The standard InChI is InChI=1S/C14H27N3O2.2ClH/c1-14(2,17-6-8-19-9-7-17)11-16-13(18)12-4-3-5-15-10-12;;/h12,15H,3-11H2,1-2H3,(H,16,18);2*1H/t12-;;/m1../s1. The summed E-state index contributed by atoms with van der Waals surface area (Å²) in [7, 11) is 0. The molecule has 2 heterocycles. The van der Waals surface area contributed by atoms with E-state index in [1.807, 2.05) is 0 Å². The molecule has 126 valence electrons. The van der Waals surface area contributed by atoms with E-state index in [0.29, 0.717) is 6.54 Å². The van der Waals surface area contributed by atoms with Gasteiger partial charge in [-0.15, -0.1) is 24.8 Å². The fourth-order valence-electron chi connectivity index (χ4n) is 2.80. The maximum absolute atomic E-state index is 12.1. The lowest BCUT2D eigenvalue weighted by atomic mass is 9.97. The molecule has 0 radical (unpaired) electrons. The van der Waals surface area contributed by atoms with E-state index in [2.05, 4.69) is 29.4 Å². The van der Waals surface area contributed by atoms with Crippen molar-refractivity contribution in [1.29, 1.82) is 0 Å². The molecule has 0 aromatic heterocycles. The molecule has 1 amide bonds. The number of nitrogens with one attached hydrogen (secondary N) is 2. The number of nitrogens with zero attached hydrogens (tertiary/aromatic N) is 1. The van der Waals surface area contributed by atoms with E-state index in [4.69, 9.17) is 4.74 Å². The molecule has 2 aliphatic rings. The number of halogens is 2. The van der Waals surface area contributed by atoms with Crippen LogP contribution in [0.15, 0.2) is 0 Å². The second-order valence-electron chi connectivity index (χ2n) is 6.17. The number of morpholine rings is 1. The van der Waals surface area contributed by atoms with Crippen molar-refractivity contribution in [3.8, 4) is 0 Å². The highest BCUT2D eigenvalue weighted by atomic mass is 35.5. The van der Waals surface area contributed by atoms with Crippen molar-refractivity contribution in [1.82, 2.24) is 15.5 Å². The SMILES string of the molecule is CC(C)(CNC(=O)[C@@H]1CCCNC1)N1CCOCC1.Cl.Cl. The van der Waals surface area contributed by atoms with Crippen molar-refractivity contribution in [2.75, 3.05) is 45.9 Å². The van der Waals surface area contributed by atoms with Crippen LogP contribution in [0.25, 0.3) is 0 Å². The van der Waals surface area contributed by atoms with Crippen LogP contribution in [-0.4, -0.2) is 62.3 Å². The topological polar surface area (TPSA) is 53.6 Å². The third-order valence-corrected chi connectivity index (χ3v) is 4.23. The van der Waals surface area contributed by atoms with Gasteiger partial charge in [0, 0.05) is 31.7 Å². The highest BCUT2D eigenvalue weighted by Crippen LogP contribution is 2.16. The largest absolute Gasteiger partial charge is 0.379 e. The molecule has 21 heavy (non-hydrogen) atoms. The van der Waals surface area contributed by atoms with E-state index < -0.39 is 0 Å². The molecular formula is C14H29Cl2N3O2. The Morgan fingerprint density at radius 3 is 2.57 bits per heavy atom. The summed E-state index contributed by atoms with van der Waals surface area (Å²) in [6, 6.07) is 0. The fraction of sp³-hybridized carbons (Fsp3) is 0.929. The van der Waals surface area contributed by atoms with Gasteiger partial charge in [-0.05, 0) is 33.2 Å². The van der Waals surface area contributed by atoms with E-state index in [-0.39, 0.29) is 42.2 Å². The van der Waals surface area contributed by atoms with Crippen LogP contribution in [0.5, 0.6) is 0 Å². The lowest BCUT2D eigenvalue weighted by Crippen LogP contribution is -2.56. The number of carbonyl (C=O) groups excluding carboxylic acids is 1. The Kier molecular flexibility index (Phi) is 9.81. The minimum Gasteiger partial charge on any atom is -0.379 e. The van der Waals surface area contributed by atoms with Gasteiger partial charge in [0.15, 0.2) is 0 Å². The summed E-state index contributed by atoms with van der Waals surface area (Å²) in [5.74, 6) is 0.350. The first-order valence-electron chi connectivity index (χ1n) is 7.41. The molecule has 0 spiro atoms. The second-order valence-corrected chi connectivity index (χ2v) is 6.17. The third kappa shape index (κ3) is 6.28. The Balaban J connectivity index is 0.00000200. The quantitative estimate of drug-likeness (QED) is 0.802. The predicted molar refractivity (Wildman–Crippen MR) is 89.6 cm³/mol. The number of amides is 1. The van der Waals surface area contributed by atoms with Crippen LogP contribution in [0.1, 0.15) is 26.7 Å². The maximum Gasteiger partial charge on any atom is 0.224 e. The van der Waals surface area contributed by atoms with E-state index >= 15 is 0 Å². The monoisotopic (exact) mass is 341 g/mol. The fourth-order valence-corrected chi connectivity index (χ4v) is 2.80. The Labute approximate surface area is 140 Å². The van der Waals surface area contributed by atoms with Gasteiger partial charge >= 0.3 is 0 Å². The lowest BCUT2D eigenvalue weighted by Gasteiger charge is -2.41. The summed E-state index contributed by atoms with van der Waals surface area (Å²) < 4.78 is 5.38. The van der Waals surface area contributed by atoms with Crippen LogP contribution in [-0.2, 0) is 9.53 Å². The van der Waals surface area contributed by atoms with Crippen LogP contribution in [0.4, 0.5) is 0 Å². The summed E-state index contributed by atoms with van der Waals surface area (Å²) in [5, 5.41) is 6.42. The van der Waals surface area contributed by atoms with Gasteiger partial charge in [0.2, 0.25) is 5.91 Å². The molecule has 2 rings (SSSR count). The van der Waals surface area contributed by atoms with Crippen LogP contribution in [0.3, 0.4) is 0 Å². The number of ether oxygens (including phenoxy) is 1. The molecule has 0 unspecified atom stereocenters. The molecule has 0 aromatic carbocycles. The Morgan fingerprint density at radius 1 is 1.33 bits per heavy atom. The Morgan fingerprint density at radius 2 is 2.00 bits per heavy atom. The van der Waals surface area contributed by atoms with Gasteiger partial charge in [0.25, 0.3) is 0 Å². The van der Waals surface area contributed by atoms with E-state index in [9.17, 15) is 4.79 Å². The molecular weight excluding hydrogens is 313 g/mol. The lowest BCUT2D eigenvalue weighted by molar-refractivity contribution is -0.126. The van der Waals surface area contributed by atoms with Crippen molar-refractivity contribution < 1.29 is 9.53 Å². The highest BCUT2D eigenvalue weighted by molar-refractivity contribution is 5.85. The average molecular weight is 342 g/mol. The predicted octanol–water partition coefficient (Wildman–Crippen LogP) is 1.06. The molecule has 1 atom stereocenters. The first-order chi connectivity index (χ1) is 9.09. The number of piperidine rings is 1. The van der Waals surface area contributed by atoms with Gasteiger partial charge in [0.1, 0.15) is 0 Å². The van der Waals surface area contributed by atoms with Crippen LogP contribution in [0.2, 0.25) is 0 Å². The first kappa shape index (κ1) is 20.9.